The summed E-state index contributed by atoms with van der Waals surface area (Å²) >= 11 is 0. The minimum Gasteiger partial charge on any atom is -0.467 e. The van der Waals surface area contributed by atoms with Crippen molar-refractivity contribution in [1.82, 2.24) is 5.32 Å². The van der Waals surface area contributed by atoms with Gasteiger partial charge in [0.25, 0.3) is 0 Å². The highest BCUT2D eigenvalue weighted by Crippen LogP contribution is 2.25. The van der Waals surface area contributed by atoms with Crippen LogP contribution < -0.4 is 5.32 Å². The van der Waals surface area contributed by atoms with Crippen LogP contribution in [0.1, 0.15) is 32.6 Å². The second-order valence-electron chi connectivity index (χ2n) is 4.08. The smallest absolute Gasteiger partial charge is 0.328 e. The molecule has 1 aliphatic rings. The summed E-state index contributed by atoms with van der Waals surface area (Å²) in [5.74, 6) is -0.460. The monoisotopic (exact) mass is 227 g/mol. The summed E-state index contributed by atoms with van der Waals surface area (Å²) in [4.78, 5) is 33.6. The van der Waals surface area contributed by atoms with Crippen molar-refractivity contribution in [1.29, 1.82) is 0 Å². The van der Waals surface area contributed by atoms with Crippen LogP contribution in [0.4, 0.5) is 0 Å². The molecule has 1 saturated carbocycles. The number of hydrogen-bond acceptors (Lipinski definition) is 4. The van der Waals surface area contributed by atoms with Gasteiger partial charge in [0.1, 0.15) is 11.8 Å². The van der Waals surface area contributed by atoms with Gasteiger partial charge in [-0.2, -0.15) is 0 Å². The molecule has 0 aromatic heterocycles. The van der Waals surface area contributed by atoms with E-state index < -0.39 is 12.0 Å². The molecule has 1 N–H and O–H groups in total. The van der Waals surface area contributed by atoms with Gasteiger partial charge in [0.05, 0.1) is 7.11 Å². The Morgan fingerprint density at radius 2 is 1.94 bits per heavy atom. The highest BCUT2D eigenvalue weighted by Gasteiger charge is 2.32. The first-order valence-electron chi connectivity index (χ1n) is 5.41. The Balaban J connectivity index is 2.64. The first-order chi connectivity index (χ1) is 7.54. The zero-order chi connectivity index (χ0) is 12.1. The molecule has 1 atom stereocenters. The van der Waals surface area contributed by atoms with E-state index in [1.54, 1.807) is 0 Å². The number of amides is 1. The number of methoxy groups -OCH3 is 1. The lowest BCUT2D eigenvalue weighted by Crippen LogP contribution is -2.46. The highest BCUT2D eigenvalue weighted by atomic mass is 16.5. The predicted octanol–water partition coefficient (Wildman–Crippen LogP) is 0.423. The van der Waals surface area contributed by atoms with Crippen molar-refractivity contribution in [3.05, 3.63) is 0 Å². The van der Waals surface area contributed by atoms with E-state index >= 15 is 0 Å². The Morgan fingerprint density at radius 3 is 2.38 bits per heavy atom. The number of ketones is 1. The third-order valence-corrected chi connectivity index (χ3v) is 2.87. The van der Waals surface area contributed by atoms with E-state index in [9.17, 15) is 14.4 Å². The van der Waals surface area contributed by atoms with Crippen LogP contribution in [0.15, 0.2) is 0 Å². The topological polar surface area (TPSA) is 72.5 Å². The van der Waals surface area contributed by atoms with E-state index in [0.29, 0.717) is 25.7 Å². The molecule has 16 heavy (non-hydrogen) atoms. The van der Waals surface area contributed by atoms with Gasteiger partial charge in [-0.15, -0.1) is 0 Å². The van der Waals surface area contributed by atoms with Crippen molar-refractivity contribution in [2.45, 2.75) is 38.6 Å². The van der Waals surface area contributed by atoms with Crippen molar-refractivity contribution < 1.29 is 19.1 Å². The molecule has 0 aromatic carbocycles. The molecule has 90 valence electrons. The van der Waals surface area contributed by atoms with Crippen LogP contribution in [-0.2, 0) is 19.1 Å². The van der Waals surface area contributed by atoms with Gasteiger partial charge in [-0.3, -0.25) is 9.59 Å². The van der Waals surface area contributed by atoms with Gasteiger partial charge in [0, 0.05) is 19.8 Å². The molecule has 0 aromatic rings. The molecule has 1 fully saturated rings. The molecular weight excluding hydrogens is 210 g/mol. The lowest BCUT2D eigenvalue weighted by atomic mass is 9.83. The SMILES string of the molecule is COC(=O)[C@@H](NC(C)=O)C1CCC(=O)CC1. The van der Waals surface area contributed by atoms with Gasteiger partial charge >= 0.3 is 5.97 Å². The van der Waals surface area contributed by atoms with Crippen LogP contribution in [0.3, 0.4) is 0 Å². The quantitative estimate of drug-likeness (QED) is 0.709. The minimum atomic E-state index is -0.615. The molecule has 0 aliphatic heterocycles. The van der Waals surface area contributed by atoms with E-state index in [4.69, 9.17) is 0 Å². The molecule has 1 rings (SSSR count). The average molecular weight is 227 g/mol. The standard InChI is InChI=1S/C11H17NO4/c1-7(13)12-10(11(15)16-2)8-3-5-9(14)6-4-8/h8,10H,3-6H2,1-2H3,(H,12,13)/t10-/m0/s1. The highest BCUT2D eigenvalue weighted by molar-refractivity contribution is 5.84. The summed E-state index contributed by atoms with van der Waals surface area (Å²) in [6, 6.07) is -0.615. The van der Waals surface area contributed by atoms with Crippen molar-refractivity contribution in [2.75, 3.05) is 7.11 Å². The van der Waals surface area contributed by atoms with Gasteiger partial charge in [-0.1, -0.05) is 0 Å². The van der Waals surface area contributed by atoms with Crippen molar-refractivity contribution in [3.63, 3.8) is 0 Å². The molecule has 5 nitrogen and oxygen atoms in total. The third kappa shape index (κ3) is 3.32. The number of esters is 1. The number of Topliss-reactive ketones (excluding diaryl/α,β-unsaturated/α-hetero) is 1. The van der Waals surface area contributed by atoms with Crippen molar-refractivity contribution >= 4 is 17.7 Å². The van der Waals surface area contributed by atoms with E-state index in [1.165, 1.54) is 14.0 Å². The summed E-state index contributed by atoms with van der Waals surface area (Å²) in [5.41, 5.74) is 0. The molecule has 0 unspecified atom stereocenters. The summed E-state index contributed by atoms with van der Waals surface area (Å²) in [5, 5.41) is 2.59. The van der Waals surface area contributed by atoms with Gasteiger partial charge in [-0.25, -0.2) is 4.79 Å². The van der Waals surface area contributed by atoms with E-state index in [2.05, 4.69) is 10.1 Å². The Kier molecular flexibility index (Phi) is 4.46. The molecule has 1 amide bonds. The normalized spacial score (nSPS) is 19.0. The maximum Gasteiger partial charge on any atom is 0.328 e. The average Bonchev–Trinajstić information content (AvgIpc) is 2.26. The van der Waals surface area contributed by atoms with Crippen molar-refractivity contribution in [2.24, 2.45) is 5.92 Å². The van der Waals surface area contributed by atoms with Gasteiger partial charge in [0.15, 0.2) is 0 Å². The zero-order valence-electron chi connectivity index (χ0n) is 9.62. The molecule has 0 saturated heterocycles. The molecule has 1 aliphatic carbocycles. The van der Waals surface area contributed by atoms with Crippen molar-refractivity contribution in [3.8, 4) is 0 Å². The minimum absolute atomic E-state index is 0.00838. The molecule has 5 heteroatoms. The second-order valence-corrected chi connectivity index (χ2v) is 4.08. The van der Waals surface area contributed by atoms with Gasteiger partial charge < -0.3 is 10.1 Å². The third-order valence-electron chi connectivity index (χ3n) is 2.87. The zero-order valence-corrected chi connectivity index (χ0v) is 9.62. The fourth-order valence-electron chi connectivity index (χ4n) is 2.01. The van der Waals surface area contributed by atoms with E-state index in [0.717, 1.165) is 0 Å². The van der Waals surface area contributed by atoms with E-state index in [-0.39, 0.29) is 17.6 Å². The number of carbonyl (C=O) groups excluding carboxylic acids is 3. The molecule has 0 heterocycles. The molecule has 0 radical (unpaired) electrons. The summed E-state index contributed by atoms with van der Waals surface area (Å²) in [6.45, 7) is 1.36. The number of carbonyl (C=O) groups is 3. The Bertz CT molecular complexity index is 290. The number of ether oxygens (including phenoxy) is 1. The first kappa shape index (κ1) is 12.7. The van der Waals surface area contributed by atoms with Crippen LogP contribution in [0.5, 0.6) is 0 Å². The molecular formula is C11H17NO4. The van der Waals surface area contributed by atoms with Gasteiger partial charge in [-0.05, 0) is 18.8 Å². The summed E-state index contributed by atoms with van der Waals surface area (Å²) in [7, 11) is 1.30. The number of rotatable bonds is 3. The van der Waals surface area contributed by atoms with Crippen LogP contribution in [-0.4, -0.2) is 30.8 Å². The van der Waals surface area contributed by atoms with Crippen LogP contribution in [0.2, 0.25) is 0 Å². The largest absolute Gasteiger partial charge is 0.467 e. The predicted molar refractivity (Wildman–Crippen MR) is 56.6 cm³/mol. The Hall–Kier alpha value is -1.39. The van der Waals surface area contributed by atoms with E-state index in [1.807, 2.05) is 0 Å². The number of hydrogen-bond donors (Lipinski definition) is 1. The second kappa shape index (κ2) is 5.63. The summed E-state index contributed by atoms with van der Waals surface area (Å²) in [6.07, 6.45) is 2.24. The fourth-order valence-corrected chi connectivity index (χ4v) is 2.01. The fraction of sp³-hybridized carbons (Fsp3) is 0.727. The van der Waals surface area contributed by atoms with Crippen LogP contribution in [0, 0.1) is 5.92 Å². The number of nitrogens with one attached hydrogen (secondary N) is 1. The lowest BCUT2D eigenvalue weighted by molar-refractivity contribution is -0.147. The summed E-state index contributed by atoms with van der Waals surface area (Å²) < 4.78 is 4.65. The maximum atomic E-state index is 11.5. The Morgan fingerprint density at radius 1 is 1.38 bits per heavy atom. The van der Waals surface area contributed by atoms with Crippen LogP contribution >= 0.6 is 0 Å². The van der Waals surface area contributed by atoms with Crippen LogP contribution in [0.25, 0.3) is 0 Å². The molecule has 0 spiro atoms. The molecule has 0 bridgehead atoms. The lowest BCUT2D eigenvalue weighted by Gasteiger charge is -2.28. The van der Waals surface area contributed by atoms with Gasteiger partial charge in [0.2, 0.25) is 5.91 Å². The Labute approximate surface area is 94.5 Å². The maximum absolute atomic E-state index is 11.5. The first-order valence-corrected chi connectivity index (χ1v) is 5.41.